The number of phenols is 1. The maximum atomic E-state index is 12.1. The molecule has 0 heterocycles. The van der Waals surface area contributed by atoms with Gasteiger partial charge in [-0.3, -0.25) is 14.9 Å². The van der Waals surface area contributed by atoms with Gasteiger partial charge in [-0.05, 0) is 36.3 Å². The number of carbonyl (C=O) groups is 1. The standard InChI is InChI=1S/C19H19NO5/c1-2-3-12-25-19-11-9-14(13-16(19)20(23)24)8-10-18(22)15-6-4-5-7-17(15)21/h4-11,13,21H,2-3,12H2,1H3/b10-8+. The van der Waals surface area contributed by atoms with Gasteiger partial charge in [0, 0.05) is 6.07 Å². The minimum Gasteiger partial charge on any atom is -0.507 e. The van der Waals surface area contributed by atoms with Gasteiger partial charge in [0.15, 0.2) is 11.5 Å². The number of nitro benzene ring substituents is 1. The molecular weight excluding hydrogens is 322 g/mol. The largest absolute Gasteiger partial charge is 0.507 e. The molecule has 2 rings (SSSR count). The summed E-state index contributed by atoms with van der Waals surface area (Å²) >= 11 is 0. The first kappa shape index (κ1) is 18.2. The van der Waals surface area contributed by atoms with Crippen molar-refractivity contribution in [1.82, 2.24) is 0 Å². The molecule has 25 heavy (non-hydrogen) atoms. The second kappa shape index (κ2) is 8.63. The molecule has 0 aliphatic rings. The number of hydrogen-bond acceptors (Lipinski definition) is 5. The van der Waals surface area contributed by atoms with Crippen LogP contribution in [0.2, 0.25) is 0 Å². The zero-order valence-corrected chi connectivity index (χ0v) is 13.8. The summed E-state index contributed by atoms with van der Waals surface area (Å²) in [5.74, 6) is -0.283. The minimum absolute atomic E-state index is 0.109. The lowest BCUT2D eigenvalue weighted by molar-refractivity contribution is -0.385. The van der Waals surface area contributed by atoms with Gasteiger partial charge >= 0.3 is 5.69 Å². The van der Waals surface area contributed by atoms with Crippen LogP contribution in [0, 0.1) is 10.1 Å². The smallest absolute Gasteiger partial charge is 0.311 e. The van der Waals surface area contributed by atoms with Crippen molar-refractivity contribution in [3.8, 4) is 11.5 Å². The van der Waals surface area contributed by atoms with Crippen LogP contribution in [0.3, 0.4) is 0 Å². The summed E-state index contributed by atoms with van der Waals surface area (Å²) in [6.45, 7) is 2.42. The van der Waals surface area contributed by atoms with Gasteiger partial charge in [-0.2, -0.15) is 0 Å². The molecule has 6 heteroatoms. The Hall–Kier alpha value is -3.15. The molecule has 6 nitrogen and oxygen atoms in total. The van der Waals surface area contributed by atoms with Crippen molar-refractivity contribution in [3.63, 3.8) is 0 Å². The molecule has 1 N–H and O–H groups in total. The minimum atomic E-state index is -0.510. The molecule has 130 valence electrons. The van der Waals surface area contributed by atoms with Crippen LogP contribution in [0.1, 0.15) is 35.7 Å². The molecule has 0 unspecified atom stereocenters. The van der Waals surface area contributed by atoms with E-state index in [9.17, 15) is 20.0 Å². The molecule has 2 aromatic rings. The van der Waals surface area contributed by atoms with Crippen LogP contribution >= 0.6 is 0 Å². The highest BCUT2D eigenvalue weighted by Crippen LogP contribution is 2.29. The number of phenolic OH excluding ortho intramolecular Hbond substituents is 1. The molecule has 0 fully saturated rings. The maximum Gasteiger partial charge on any atom is 0.311 e. The van der Waals surface area contributed by atoms with E-state index in [0.717, 1.165) is 12.8 Å². The van der Waals surface area contributed by atoms with E-state index in [-0.39, 0.29) is 28.5 Å². The lowest BCUT2D eigenvalue weighted by Crippen LogP contribution is -2.00. The second-order valence-electron chi connectivity index (χ2n) is 5.40. The highest BCUT2D eigenvalue weighted by molar-refractivity contribution is 6.08. The van der Waals surface area contributed by atoms with Crippen molar-refractivity contribution >= 4 is 17.5 Å². The predicted molar refractivity (Wildman–Crippen MR) is 95.0 cm³/mol. The zero-order valence-electron chi connectivity index (χ0n) is 13.8. The lowest BCUT2D eigenvalue weighted by atomic mass is 10.1. The first-order valence-electron chi connectivity index (χ1n) is 7.94. The molecule has 2 aromatic carbocycles. The van der Waals surface area contributed by atoms with E-state index in [1.54, 1.807) is 18.2 Å². The molecule has 0 spiro atoms. The van der Waals surface area contributed by atoms with Crippen molar-refractivity contribution in [2.24, 2.45) is 0 Å². The molecule has 0 aliphatic heterocycles. The fourth-order valence-electron chi connectivity index (χ4n) is 2.17. The van der Waals surface area contributed by atoms with E-state index in [2.05, 4.69) is 0 Å². The average Bonchev–Trinajstić information content (AvgIpc) is 2.60. The number of unbranched alkanes of at least 4 members (excludes halogenated alkanes) is 1. The van der Waals surface area contributed by atoms with Crippen LogP contribution in [0.5, 0.6) is 11.5 Å². The molecule has 0 aliphatic carbocycles. The number of benzene rings is 2. The Labute approximate surface area is 145 Å². The van der Waals surface area contributed by atoms with Crippen LogP contribution in [0.15, 0.2) is 48.5 Å². The first-order valence-corrected chi connectivity index (χ1v) is 7.94. The zero-order chi connectivity index (χ0) is 18.2. The molecule has 0 saturated carbocycles. The summed E-state index contributed by atoms with van der Waals surface area (Å²) < 4.78 is 5.44. The SMILES string of the molecule is CCCCOc1ccc(/C=C/C(=O)c2ccccc2O)cc1[N+](=O)[O-]. The van der Waals surface area contributed by atoms with Crippen molar-refractivity contribution < 1.29 is 19.6 Å². The van der Waals surface area contributed by atoms with Crippen LogP contribution in [-0.4, -0.2) is 22.4 Å². The molecule has 0 saturated heterocycles. The number of ketones is 1. The average molecular weight is 341 g/mol. The topological polar surface area (TPSA) is 89.7 Å². The summed E-state index contributed by atoms with van der Waals surface area (Å²) in [5.41, 5.74) is 0.527. The number of ether oxygens (including phenoxy) is 1. The van der Waals surface area contributed by atoms with Crippen molar-refractivity contribution in [2.75, 3.05) is 6.61 Å². The third kappa shape index (κ3) is 4.91. The predicted octanol–water partition coefficient (Wildman–Crippen LogP) is 4.38. The van der Waals surface area contributed by atoms with Crippen LogP contribution in [0.4, 0.5) is 5.69 Å². The summed E-state index contributed by atoms with van der Waals surface area (Å²) in [6.07, 6.45) is 4.49. The highest BCUT2D eigenvalue weighted by atomic mass is 16.6. The van der Waals surface area contributed by atoms with Crippen LogP contribution in [-0.2, 0) is 0 Å². The Morgan fingerprint density at radius 2 is 2.04 bits per heavy atom. The van der Waals surface area contributed by atoms with Crippen LogP contribution in [0.25, 0.3) is 6.08 Å². The molecular formula is C19H19NO5. The Bertz CT molecular complexity index is 798. The third-order valence-electron chi connectivity index (χ3n) is 3.53. The molecule has 0 bridgehead atoms. The summed E-state index contributed by atoms with van der Waals surface area (Å²) in [5, 5.41) is 20.9. The normalized spacial score (nSPS) is 10.8. The third-order valence-corrected chi connectivity index (χ3v) is 3.53. The summed E-state index contributed by atoms with van der Waals surface area (Å²) in [7, 11) is 0. The Morgan fingerprint density at radius 3 is 2.72 bits per heavy atom. The van der Waals surface area contributed by atoms with E-state index >= 15 is 0 Å². The van der Waals surface area contributed by atoms with E-state index in [4.69, 9.17) is 4.74 Å². The van der Waals surface area contributed by atoms with Gasteiger partial charge < -0.3 is 9.84 Å². The van der Waals surface area contributed by atoms with Gasteiger partial charge in [0.1, 0.15) is 5.75 Å². The number of hydrogen-bond donors (Lipinski definition) is 1. The Kier molecular flexibility index (Phi) is 6.28. The number of aromatic hydroxyl groups is 1. The number of allylic oxidation sites excluding steroid dienone is 1. The van der Waals surface area contributed by atoms with Crippen molar-refractivity contribution in [2.45, 2.75) is 19.8 Å². The van der Waals surface area contributed by atoms with Gasteiger partial charge in [-0.15, -0.1) is 0 Å². The van der Waals surface area contributed by atoms with Gasteiger partial charge in [0.05, 0.1) is 17.1 Å². The first-order chi connectivity index (χ1) is 12.0. The molecule has 0 atom stereocenters. The second-order valence-corrected chi connectivity index (χ2v) is 5.40. The fraction of sp³-hybridized carbons (Fsp3) is 0.211. The Morgan fingerprint density at radius 1 is 1.28 bits per heavy atom. The van der Waals surface area contributed by atoms with Crippen molar-refractivity contribution in [1.29, 1.82) is 0 Å². The molecule has 0 radical (unpaired) electrons. The highest BCUT2D eigenvalue weighted by Gasteiger charge is 2.15. The number of para-hydroxylation sites is 1. The summed E-state index contributed by atoms with van der Waals surface area (Å²) in [4.78, 5) is 22.8. The number of carbonyl (C=O) groups excluding carboxylic acids is 1. The van der Waals surface area contributed by atoms with Gasteiger partial charge in [-0.1, -0.05) is 37.6 Å². The molecule has 0 aromatic heterocycles. The summed E-state index contributed by atoms with van der Waals surface area (Å²) in [6, 6.07) is 10.7. The van der Waals surface area contributed by atoms with Crippen molar-refractivity contribution in [3.05, 3.63) is 69.8 Å². The van der Waals surface area contributed by atoms with Gasteiger partial charge in [0.25, 0.3) is 0 Å². The van der Waals surface area contributed by atoms with E-state index < -0.39 is 4.92 Å². The Balaban J connectivity index is 2.19. The number of nitro groups is 1. The molecule has 0 amide bonds. The fourth-order valence-corrected chi connectivity index (χ4v) is 2.17. The maximum absolute atomic E-state index is 12.1. The quantitative estimate of drug-likeness (QED) is 0.253. The van der Waals surface area contributed by atoms with Crippen LogP contribution < -0.4 is 4.74 Å². The monoisotopic (exact) mass is 341 g/mol. The van der Waals surface area contributed by atoms with Gasteiger partial charge in [-0.25, -0.2) is 0 Å². The number of nitrogens with zero attached hydrogens (tertiary/aromatic N) is 1. The van der Waals surface area contributed by atoms with Gasteiger partial charge in [0.2, 0.25) is 0 Å². The van der Waals surface area contributed by atoms with E-state index in [0.29, 0.717) is 12.2 Å². The van der Waals surface area contributed by atoms with E-state index in [1.165, 1.54) is 36.4 Å². The van der Waals surface area contributed by atoms with E-state index in [1.807, 2.05) is 6.92 Å². The lowest BCUT2D eigenvalue weighted by Gasteiger charge is -2.06. The number of rotatable bonds is 8.